The molecule has 4 nitrogen and oxygen atoms in total. The van der Waals surface area contributed by atoms with E-state index < -0.39 is 0 Å². The van der Waals surface area contributed by atoms with Crippen LogP contribution in [0.4, 0.5) is 0 Å². The van der Waals surface area contributed by atoms with Crippen LogP contribution in [0.25, 0.3) is 0 Å². The number of hydrogen-bond acceptors (Lipinski definition) is 4. The third-order valence-corrected chi connectivity index (χ3v) is 3.21. The summed E-state index contributed by atoms with van der Waals surface area (Å²) < 4.78 is 5.57. The summed E-state index contributed by atoms with van der Waals surface area (Å²) in [7, 11) is 0. The number of rotatable bonds is 2. The van der Waals surface area contributed by atoms with Gasteiger partial charge in [0.05, 0.1) is 6.04 Å². The molecule has 1 unspecified atom stereocenters. The molecule has 0 saturated heterocycles. The largest absolute Gasteiger partial charge is 0.423 e. The van der Waals surface area contributed by atoms with Crippen molar-refractivity contribution in [1.82, 2.24) is 10.2 Å². The van der Waals surface area contributed by atoms with Crippen molar-refractivity contribution in [3.8, 4) is 0 Å². The molecular formula is C11H19N3O. The minimum atomic E-state index is -0.159. The van der Waals surface area contributed by atoms with E-state index >= 15 is 0 Å². The van der Waals surface area contributed by atoms with E-state index in [1.54, 1.807) is 0 Å². The van der Waals surface area contributed by atoms with Gasteiger partial charge in [0.1, 0.15) is 0 Å². The van der Waals surface area contributed by atoms with Gasteiger partial charge in [0.25, 0.3) is 0 Å². The zero-order valence-corrected chi connectivity index (χ0v) is 9.44. The smallest absolute Gasteiger partial charge is 0.232 e. The molecule has 0 spiro atoms. The second-order valence-electron chi connectivity index (χ2n) is 4.72. The predicted octanol–water partition coefficient (Wildman–Crippen LogP) is 2.38. The Hall–Kier alpha value is -0.900. The van der Waals surface area contributed by atoms with Crippen LogP contribution in [-0.4, -0.2) is 10.2 Å². The molecule has 84 valence electrons. The van der Waals surface area contributed by atoms with Crippen molar-refractivity contribution in [3.63, 3.8) is 0 Å². The molecule has 1 fully saturated rings. The Morgan fingerprint density at radius 2 is 1.93 bits per heavy atom. The fourth-order valence-electron chi connectivity index (χ4n) is 2.10. The maximum atomic E-state index is 5.68. The number of nitrogens with two attached hydrogens (primary N) is 1. The van der Waals surface area contributed by atoms with Crippen molar-refractivity contribution in [2.24, 2.45) is 11.7 Å². The van der Waals surface area contributed by atoms with Crippen LogP contribution in [0.2, 0.25) is 0 Å². The van der Waals surface area contributed by atoms with E-state index in [0.29, 0.717) is 11.8 Å². The summed E-state index contributed by atoms with van der Waals surface area (Å²) >= 11 is 0. The first-order chi connectivity index (χ1) is 7.16. The Labute approximate surface area is 90.3 Å². The normalized spacial score (nSPS) is 29.0. The van der Waals surface area contributed by atoms with Gasteiger partial charge in [-0.05, 0) is 38.5 Å². The van der Waals surface area contributed by atoms with Gasteiger partial charge in [0, 0.05) is 5.92 Å². The fraction of sp³-hybridized carbons (Fsp3) is 0.818. The van der Waals surface area contributed by atoms with Crippen molar-refractivity contribution in [1.29, 1.82) is 0 Å². The minimum absolute atomic E-state index is 0.159. The molecule has 1 aliphatic rings. The molecule has 1 aromatic rings. The molecule has 0 aliphatic heterocycles. The van der Waals surface area contributed by atoms with E-state index in [-0.39, 0.29) is 6.04 Å². The van der Waals surface area contributed by atoms with Crippen LogP contribution in [-0.2, 0) is 0 Å². The van der Waals surface area contributed by atoms with Crippen LogP contribution >= 0.6 is 0 Å². The van der Waals surface area contributed by atoms with E-state index in [9.17, 15) is 0 Å². The number of nitrogens with zero attached hydrogens (tertiary/aromatic N) is 2. The lowest BCUT2D eigenvalue weighted by Gasteiger charge is -2.23. The van der Waals surface area contributed by atoms with Crippen molar-refractivity contribution in [2.75, 3.05) is 0 Å². The summed E-state index contributed by atoms with van der Waals surface area (Å²) in [6.45, 7) is 4.16. The molecule has 4 heteroatoms. The lowest BCUT2D eigenvalue weighted by Crippen LogP contribution is -2.11. The van der Waals surface area contributed by atoms with Crippen LogP contribution < -0.4 is 5.73 Å². The highest BCUT2D eigenvalue weighted by Gasteiger charge is 2.24. The molecule has 1 aliphatic carbocycles. The molecular weight excluding hydrogens is 190 g/mol. The summed E-state index contributed by atoms with van der Waals surface area (Å²) in [5.74, 6) is 2.65. The summed E-state index contributed by atoms with van der Waals surface area (Å²) in [6.07, 6.45) is 4.87. The summed E-state index contributed by atoms with van der Waals surface area (Å²) in [5, 5.41) is 8.06. The highest BCUT2D eigenvalue weighted by molar-refractivity contribution is 4.95. The molecule has 1 heterocycles. The van der Waals surface area contributed by atoms with Gasteiger partial charge in [0.2, 0.25) is 11.8 Å². The molecule has 0 amide bonds. The summed E-state index contributed by atoms with van der Waals surface area (Å²) in [4.78, 5) is 0. The van der Waals surface area contributed by atoms with Crippen molar-refractivity contribution >= 4 is 0 Å². The fourth-order valence-corrected chi connectivity index (χ4v) is 2.10. The zero-order valence-electron chi connectivity index (χ0n) is 9.44. The lowest BCUT2D eigenvalue weighted by molar-refractivity contribution is 0.299. The molecule has 2 N–H and O–H groups in total. The standard InChI is InChI=1S/C11H19N3O/c1-7-3-5-9(6-4-7)11-14-13-10(15-11)8(2)12/h7-9H,3-6,12H2,1-2H3. The van der Waals surface area contributed by atoms with Crippen molar-refractivity contribution in [3.05, 3.63) is 11.8 Å². The summed E-state index contributed by atoms with van der Waals surface area (Å²) in [5.41, 5.74) is 5.68. The van der Waals surface area contributed by atoms with Crippen LogP contribution in [0.15, 0.2) is 4.42 Å². The van der Waals surface area contributed by atoms with Gasteiger partial charge in [-0.2, -0.15) is 0 Å². The SMILES string of the molecule is CC1CCC(c2nnc(C(C)N)o2)CC1. The minimum Gasteiger partial charge on any atom is -0.423 e. The quantitative estimate of drug-likeness (QED) is 0.812. The van der Waals surface area contributed by atoms with Crippen molar-refractivity contribution in [2.45, 2.75) is 51.5 Å². The van der Waals surface area contributed by atoms with Gasteiger partial charge in [-0.3, -0.25) is 0 Å². The average molecular weight is 209 g/mol. The number of hydrogen-bond donors (Lipinski definition) is 1. The van der Waals surface area contributed by atoms with Crippen LogP contribution in [0, 0.1) is 5.92 Å². The molecule has 1 saturated carbocycles. The third-order valence-electron chi connectivity index (χ3n) is 3.21. The monoisotopic (exact) mass is 209 g/mol. The zero-order chi connectivity index (χ0) is 10.8. The third kappa shape index (κ3) is 2.37. The maximum Gasteiger partial charge on any atom is 0.232 e. The molecule has 0 aromatic carbocycles. The Morgan fingerprint density at radius 1 is 1.27 bits per heavy atom. The second kappa shape index (κ2) is 4.31. The first-order valence-electron chi connectivity index (χ1n) is 5.75. The second-order valence-corrected chi connectivity index (χ2v) is 4.72. The summed E-state index contributed by atoms with van der Waals surface area (Å²) in [6, 6.07) is -0.159. The Balaban J connectivity index is 2.03. The average Bonchev–Trinajstić information content (AvgIpc) is 2.68. The maximum absolute atomic E-state index is 5.68. The van der Waals surface area contributed by atoms with E-state index in [1.807, 2.05) is 6.92 Å². The van der Waals surface area contributed by atoms with Crippen molar-refractivity contribution < 1.29 is 4.42 Å². The Kier molecular flexibility index (Phi) is 3.05. The van der Waals surface area contributed by atoms with Gasteiger partial charge in [0.15, 0.2) is 0 Å². The van der Waals surface area contributed by atoms with Gasteiger partial charge < -0.3 is 10.2 Å². The Morgan fingerprint density at radius 3 is 2.47 bits per heavy atom. The topological polar surface area (TPSA) is 64.9 Å². The lowest BCUT2D eigenvalue weighted by atomic mass is 9.83. The molecule has 0 bridgehead atoms. The van der Waals surface area contributed by atoms with Gasteiger partial charge in [-0.15, -0.1) is 10.2 Å². The molecule has 1 aromatic heterocycles. The predicted molar refractivity (Wildman–Crippen MR) is 57.3 cm³/mol. The van der Waals surface area contributed by atoms with Crippen LogP contribution in [0.3, 0.4) is 0 Å². The first-order valence-corrected chi connectivity index (χ1v) is 5.75. The molecule has 1 atom stereocenters. The first kappa shape index (κ1) is 10.6. The molecule has 2 rings (SSSR count). The molecule has 0 radical (unpaired) electrons. The van der Waals surface area contributed by atoms with Crippen LogP contribution in [0.5, 0.6) is 0 Å². The van der Waals surface area contributed by atoms with Crippen LogP contribution in [0.1, 0.15) is 63.3 Å². The van der Waals surface area contributed by atoms with E-state index in [2.05, 4.69) is 17.1 Å². The number of aromatic nitrogens is 2. The van der Waals surface area contributed by atoms with Gasteiger partial charge in [-0.25, -0.2) is 0 Å². The molecule has 15 heavy (non-hydrogen) atoms. The highest BCUT2D eigenvalue weighted by atomic mass is 16.4. The highest BCUT2D eigenvalue weighted by Crippen LogP contribution is 2.34. The van der Waals surface area contributed by atoms with Gasteiger partial charge >= 0.3 is 0 Å². The Bertz CT molecular complexity index is 313. The van der Waals surface area contributed by atoms with E-state index in [1.165, 1.54) is 25.7 Å². The van der Waals surface area contributed by atoms with Gasteiger partial charge in [-0.1, -0.05) is 6.92 Å². The van der Waals surface area contributed by atoms with E-state index in [4.69, 9.17) is 10.2 Å². The van der Waals surface area contributed by atoms with E-state index in [0.717, 1.165) is 11.8 Å².